The van der Waals surface area contributed by atoms with Crippen molar-refractivity contribution in [2.75, 3.05) is 39.4 Å². The zero-order chi connectivity index (χ0) is 12.3. The molecule has 2 aliphatic heterocycles. The van der Waals surface area contributed by atoms with E-state index in [1.807, 2.05) is 4.90 Å². The maximum atomic E-state index is 12.2. The molecule has 5 heteroatoms. The lowest BCUT2D eigenvalue weighted by Gasteiger charge is -2.36. The van der Waals surface area contributed by atoms with Gasteiger partial charge in [0.05, 0.1) is 0 Å². The van der Waals surface area contributed by atoms with Gasteiger partial charge in [-0.05, 0) is 12.8 Å². The van der Waals surface area contributed by atoms with Crippen molar-refractivity contribution in [3.05, 3.63) is 0 Å². The van der Waals surface area contributed by atoms with E-state index in [1.165, 1.54) is 0 Å². The molecule has 0 saturated carbocycles. The Morgan fingerprint density at radius 2 is 1.53 bits per heavy atom. The Hall–Kier alpha value is -1.10. The summed E-state index contributed by atoms with van der Waals surface area (Å²) in [6, 6.07) is 0. The van der Waals surface area contributed by atoms with Crippen LogP contribution in [0, 0.1) is 5.92 Å². The van der Waals surface area contributed by atoms with E-state index in [9.17, 15) is 9.59 Å². The van der Waals surface area contributed by atoms with Gasteiger partial charge < -0.3 is 14.5 Å². The summed E-state index contributed by atoms with van der Waals surface area (Å²) < 4.78 is 5.26. The second-order valence-corrected chi connectivity index (χ2v) is 4.72. The first-order chi connectivity index (χ1) is 8.18. The van der Waals surface area contributed by atoms with E-state index in [-0.39, 0.29) is 17.7 Å². The van der Waals surface area contributed by atoms with Gasteiger partial charge >= 0.3 is 0 Å². The SMILES string of the molecule is CC(=O)N1CCN(C(=O)C2CCOCC2)CC1. The molecule has 0 bridgehead atoms. The van der Waals surface area contributed by atoms with Crippen molar-refractivity contribution >= 4 is 11.8 Å². The highest BCUT2D eigenvalue weighted by Gasteiger charge is 2.29. The van der Waals surface area contributed by atoms with Crippen molar-refractivity contribution in [3.63, 3.8) is 0 Å². The Bertz CT molecular complexity index is 292. The van der Waals surface area contributed by atoms with E-state index in [1.54, 1.807) is 11.8 Å². The van der Waals surface area contributed by atoms with E-state index in [0.29, 0.717) is 39.4 Å². The zero-order valence-corrected chi connectivity index (χ0v) is 10.4. The highest BCUT2D eigenvalue weighted by atomic mass is 16.5. The summed E-state index contributed by atoms with van der Waals surface area (Å²) >= 11 is 0. The van der Waals surface area contributed by atoms with Crippen molar-refractivity contribution in [2.24, 2.45) is 5.92 Å². The molecule has 2 rings (SSSR count). The van der Waals surface area contributed by atoms with Crippen molar-refractivity contribution in [3.8, 4) is 0 Å². The van der Waals surface area contributed by atoms with Crippen LogP contribution in [0.5, 0.6) is 0 Å². The first-order valence-corrected chi connectivity index (χ1v) is 6.30. The minimum atomic E-state index is 0.100. The van der Waals surface area contributed by atoms with E-state index < -0.39 is 0 Å². The van der Waals surface area contributed by atoms with Crippen LogP contribution in [0.15, 0.2) is 0 Å². The molecule has 0 unspecified atom stereocenters. The molecule has 2 saturated heterocycles. The van der Waals surface area contributed by atoms with Gasteiger partial charge in [0.15, 0.2) is 0 Å². The molecule has 2 heterocycles. The van der Waals surface area contributed by atoms with Crippen molar-refractivity contribution < 1.29 is 14.3 Å². The molecule has 2 fully saturated rings. The summed E-state index contributed by atoms with van der Waals surface area (Å²) in [6.07, 6.45) is 1.68. The third-order valence-corrected chi connectivity index (χ3v) is 3.61. The third-order valence-electron chi connectivity index (χ3n) is 3.61. The van der Waals surface area contributed by atoms with Crippen LogP contribution >= 0.6 is 0 Å². The van der Waals surface area contributed by atoms with Crippen LogP contribution in [0.25, 0.3) is 0 Å². The molecule has 0 aromatic carbocycles. The summed E-state index contributed by atoms with van der Waals surface area (Å²) in [5.41, 5.74) is 0. The number of hydrogen-bond donors (Lipinski definition) is 0. The van der Waals surface area contributed by atoms with E-state index in [2.05, 4.69) is 0 Å². The summed E-state index contributed by atoms with van der Waals surface area (Å²) in [7, 11) is 0. The molecule has 0 aromatic heterocycles. The minimum absolute atomic E-state index is 0.100. The zero-order valence-electron chi connectivity index (χ0n) is 10.4. The number of hydrogen-bond acceptors (Lipinski definition) is 3. The molecule has 0 aromatic rings. The Balaban J connectivity index is 1.83. The number of piperazine rings is 1. The van der Waals surface area contributed by atoms with Crippen LogP contribution in [-0.4, -0.2) is 61.0 Å². The summed E-state index contributed by atoms with van der Waals surface area (Å²) in [5, 5.41) is 0. The predicted molar refractivity (Wildman–Crippen MR) is 62.4 cm³/mol. The van der Waals surface area contributed by atoms with Crippen molar-refractivity contribution in [2.45, 2.75) is 19.8 Å². The Morgan fingerprint density at radius 3 is 2.06 bits per heavy atom. The monoisotopic (exact) mass is 240 g/mol. The lowest BCUT2D eigenvalue weighted by atomic mass is 9.98. The van der Waals surface area contributed by atoms with E-state index in [4.69, 9.17) is 4.74 Å². The predicted octanol–water partition coefficient (Wildman–Crippen LogP) is 0.104. The molecule has 17 heavy (non-hydrogen) atoms. The molecule has 5 nitrogen and oxygen atoms in total. The van der Waals surface area contributed by atoms with Gasteiger partial charge in [0.2, 0.25) is 11.8 Å². The van der Waals surface area contributed by atoms with Crippen molar-refractivity contribution in [1.29, 1.82) is 0 Å². The summed E-state index contributed by atoms with van der Waals surface area (Å²) in [6.45, 7) is 5.67. The van der Waals surface area contributed by atoms with Gasteiger partial charge in [-0.15, -0.1) is 0 Å². The molecule has 96 valence electrons. The van der Waals surface area contributed by atoms with Crippen LogP contribution in [0.3, 0.4) is 0 Å². The maximum absolute atomic E-state index is 12.2. The molecule has 0 N–H and O–H groups in total. The number of carbonyl (C=O) groups excluding carboxylic acids is 2. The lowest BCUT2D eigenvalue weighted by molar-refractivity contribution is -0.143. The van der Waals surface area contributed by atoms with Crippen LogP contribution < -0.4 is 0 Å². The normalized spacial score (nSPS) is 22.6. The van der Waals surface area contributed by atoms with Crippen molar-refractivity contribution in [1.82, 2.24) is 9.80 Å². The quantitative estimate of drug-likeness (QED) is 0.653. The van der Waals surface area contributed by atoms with Gasteiger partial charge in [-0.2, -0.15) is 0 Å². The van der Waals surface area contributed by atoms with Crippen LogP contribution in [0.2, 0.25) is 0 Å². The Kier molecular flexibility index (Phi) is 3.99. The van der Waals surface area contributed by atoms with Gasteiger partial charge in [-0.3, -0.25) is 9.59 Å². The maximum Gasteiger partial charge on any atom is 0.225 e. The van der Waals surface area contributed by atoms with Gasteiger partial charge in [0.25, 0.3) is 0 Å². The first-order valence-electron chi connectivity index (χ1n) is 6.30. The second kappa shape index (κ2) is 5.49. The van der Waals surface area contributed by atoms with Gasteiger partial charge in [-0.1, -0.05) is 0 Å². The van der Waals surface area contributed by atoms with Crippen LogP contribution in [-0.2, 0) is 14.3 Å². The molecular formula is C12H20N2O3. The Morgan fingerprint density at radius 1 is 1.00 bits per heavy atom. The second-order valence-electron chi connectivity index (χ2n) is 4.72. The summed E-state index contributed by atoms with van der Waals surface area (Å²) in [4.78, 5) is 27.1. The fourth-order valence-electron chi connectivity index (χ4n) is 2.44. The van der Waals surface area contributed by atoms with E-state index >= 15 is 0 Å². The average molecular weight is 240 g/mol. The standard InChI is InChI=1S/C12H20N2O3/c1-10(15)13-4-6-14(7-5-13)12(16)11-2-8-17-9-3-11/h11H,2-9H2,1H3. The fraction of sp³-hybridized carbons (Fsp3) is 0.833. The smallest absolute Gasteiger partial charge is 0.225 e. The number of rotatable bonds is 1. The highest BCUT2D eigenvalue weighted by Crippen LogP contribution is 2.18. The third kappa shape index (κ3) is 2.97. The highest BCUT2D eigenvalue weighted by molar-refractivity contribution is 5.79. The molecule has 2 amide bonds. The Labute approximate surface area is 102 Å². The minimum Gasteiger partial charge on any atom is -0.381 e. The van der Waals surface area contributed by atoms with E-state index in [0.717, 1.165) is 12.8 Å². The molecule has 0 aliphatic carbocycles. The molecule has 0 radical (unpaired) electrons. The number of carbonyl (C=O) groups is 2. The van der Waals surface area contributed by atoms with Gasteiger partial charge in [0.1, 0.15) is 0 Å². The molecular weight excluding hydrogens is 220 g/mol. The summed E-state index contributed by atoms with van der Waals surface area (Å²) in [5.74, 6) is 0.479. The van der Waals surface area contributed by atoms with Crippen LogP contribution in [0.4, 0.5) is 0 Å². The molecule has 0 atom stereocenters. The number of nitrogens with zero attached hydrogens (tertiary/aromatic N) is 2. The largest absolute Gasteiger partial charge is 0.381 e. The molecule has 2 aliphatic rings. The average Bonchev–Trinajstić information content (AvgIpc) is 2.39. The topological polar surface area (TPSA) is 49.9 Å². The van der Waals surface area contributed by atoms with Gasteiger partial charge in [-0.25, -0.2) is 0 Å². The number of ether oxygens (including phenoxy) is 1. The fourth-order valence-corrected chi connectivity index (χ4v) is 2.44. The lowest BCUT2D eigenvalue weighted by Crippen LogP contribution is -2.51. The molecule has 0 spiro atoms. The van der Waals surface area contributed by atoms with Crippen LogP contribution in [0.1, 0.15) is 19.8 Å². The van der Waals surface area contributed by atoms with Gasteiger partial charge in [0, 0.05) is 52.2 Å². The first kappa shape index (κ1) is 12.4. The number of amides is 2.